The van der Waals surface area contributed by atoms with Gasteiger partial charge in [-0.3, -0.25) is 9.69 Å². The summed E-state index contributed by atoms with van der Waals surface area (Å²) in [5.74, 6) is 2.33. The Balaban J connectivity index is 1.19. The second kappa shape index (κ2) is 8.90. The number of aryl methyl sites for hydroxylation is 3. The fourth-order valence-corrected chi connectivity index (χ4v) is 4.98. The third-order valence-electron chi connectivity index (χ3n) is 6.85. The smallest absolute Gasteiger partial charge is 0.253 e. The molecule has 4 heterocycles. The van der Waals surface area contributed by atoms with Crippen LogP contribution in [0.1, 0.15) is 52.7 Å². The molecule has 5 rings (SSSR count). The van der Waals surface area contributed by atoms with Gasteiger partial charge in [0.1, 0.15) is 11.6 Å². The fraction of sp³-hybridized carbons (Fsp3) is 0.480. The Hall–Kier alpha value is -2.93. The van der Waals surface area contributed by atoms with Crippen LogP contribution in [0.15, 0.2) is 36.4 Å². The van der Waals surface area contributed by atoms with Crippen LogP contribution in [0.2, 0.25) is 0 Å². The van der Waals surface area contributed by atoms with E-state index in [-0.39, 0.29) is 5.91 Å². The largest absolute Gasteiger partial charge is 0.336 e. The minimum absolute atomic E-state index is 0.119. The van der Waals surface area contributed by atoms with Gasteiger partial charge in [0.15, 0.2) is 0 Å². The quantitative estimate of drug-likeness (QED) is 0.634. The summed E-state index contributed by atoms with van der Waals surface area (Å²) >= 11 is 0. The fourth-order valence-electron chi connectivity index (χ4n) is 4.98. The molecule has 1 amide bonds. The molecule has 0 unspecified atom stereocenters. The highest BCUT2D eigenvalue weighted by Gasteiger charge is 2.24. The van der Waals surface area contributed by atoms with Crippen LogP contribution in [0.25, 0.3) is 5.69 Å². The summed E-state index contributed by atoms with van der Waals surface area (Å²) in [5, 5.41) is 8.89. The van der Waals surface area contributed by atoms with E-state index in [1.54, 1.807) is 0 Å². The second-order valence-electron chi connectivity index (χ2n) is 9.06. The number of hydrogen-bond acceptors (Lipinski definition) is 4. The van der Waals surface area contributed by atoms with E-state index in [1.807, 2.05) is 29.2 Å². The number of piperazine rings is 1. The number of carbonyl (C=O) groups is 1. The first kappa shape index (κ1) is 20.9. The summed E-state index contributed by atoms with van der Waals surface area (Å²) in [7, 11) is 0. The number of benzene rings is 1. The maximum absolute atomic E-state index is 13.1. The molecule has 32 heavy (non-hydrogen) atoms. The molecule has 7 nitrogen and oxygen atoms in total. The number of amides is 1. The van der Waals surface area contributed by atoms with Crippen LogP contribution in [0.5, 0.6) is 0 Å². The molecule has 3 aromatic rings. The molecule has 1 saturated heterocycles. The van der Waals surface area contributed by atoms with Gasteiger partial charge in [0, 0.05) is 61.8 Å². The van der Waals surface area contributed by atoms with E-state index in [4.69, 9.17) is 0 Å². The van der Waals surface area contributed by atoms with Gasteiger partial charge in [-0.1, -0.05) is 6.42 Å². The van der Waals surface area contributed by atoms with Crippen LogP contribution in [0.3, 0.4) is 0 Å². The van der Waals surface area contributed by atoms with Gasteiger partial charge in [0.2, 0.25) is 0 Å². The van der Waals surface area contributed by atoms with E-state index in [0.29, 0.717) is 0 Å². The van der Waals surface area contributed by atoms with E-state index in [1.165, 1.54) is 30.7 Å². The monoisotopic (exact) mass is 432 g/mol. The molecule has 0 atom stereocenters. The standard InChI is InChI=1S/C25H32N6O/c1-19-7-8-20(2)31(19)22-11-9-21(10-12-22)25(32)29-16-14-28(15-17-29)18-24-27-26-23-6-4-3-5-13-30(23)24/h7-12H,3-6,13-18H2,1-2H3. The van der Waals surface area contributed by atoms with E-state index in [0.717, 1.165) is 68.6 Å². The molecule has 168 valence electrons. The number of fused-ring (bicyclic) bond motifs is 1. The molecule has 0 saturated carbocycles. The van der Waals surface area contributed by atoms with Crippen molar-refractivity contribution in [2.24, 2.45) is 0 Å². The average Bonchev–Trinajstić information content (AvgIpc) is 3.25. The van der Waals surface area contributed by atoms with Gasteiger partial charge in [-0.15, -0.1) is 10.2 Å². The summed E-state index contributed by atoms with van der Waals surface area (Å²) < 4.78 is 4.53. The molecule has 0 N–H and O–H groups in total. The highest BCUT2D eigenvalue weighted by molar-refractivity contribution is 5.94. The van der Waals surface area contributed by atoms with Gasteiger partial charge in [0.25, 0.3) is 5.91 Å². The summed E-state index contributed by atoms with van der Waals surface area (Å²) in [6.07, 6.45) is 4.74. The first-order chi connectivity index (χ1) is 15.6. The van der Waals surface area contributed by atoms with Crippen LogP contribution in [-0.4, -0.2) is 61.2 Å². The second-order valence-corrected chi connectivity index (χ2v) is 9.06. The van der Waals surface area contributed by atoms with E-state index in [9.17, 15) is 4.79 Å². The third kappa shape index (κ3) is 4.09. The van der Waals surface area contributed by atoms with Crippen molar-refractivity contribution in [2.45, 2.75) is 52.6 Å². The third-order valence-corrected chi connectivity index (χ3v) is 6.85. The van der Waals surface area contributed by atoms with Crippen molar-refractivity contribution in [3.8, 4) is 5.69 Å². The van der Waals surface area contributed by atoms with Crippen LogP contribution in [0, 0.1) is 13.8 Å². The predicted molar refractivity (Wildman–Crippen MR) is 124 cm³/mol. The van der Waals surface area contributed by atoms with Gasteiger partial charge in [-0.2, -0.15) is 0 Å². The summed E-state index contributed by atoms with van der Waals surface area (Å²) in [6.45, 7) is 9.29. The van der Waals surface area contributed by atoms with E-state index >= 15 is 0 Å². The molecule has 1 fully saturated rings. The van der Waals surface area contributed by atoms with Gasteiger partial charge >= 0.3 is 0 Å². The maximum atomic E-state index is 13.1. The van der Waals surface area contributed by atoms with Gasteiger partial charge in [-0.05, 0) is 63.1 Å². The Labute approximate surface area is 189 Å². The van der Waals surface area contributed by atoms with E-state index in [2.05, 4.69) is 50.2 Å². The molecule has 0 aliphatic carbocycles. The first-order valence-corrected chi connectivity index (χ1v) is 11.8. The molecule has 2 aliphatic rings. The van der Waals surface area contributed by atoms with Crippen molar-refractivity contribution in [1.29, 1.82) is 0 Å². The molecule has 2 aromatic heterocycles. The van der Waals surface area contributed by atoms with Crippen LogP contribution in [0.4, 0.5) is 0 Å². The Morgan fingerprint density at radius 2 is 1.56 bits per heavy atom. The molecule has 7 heteroatoms. The molecule has 0 bridgehead atoms. The molecular weight excluding hydrogens is 400 g/mol. The zero-order chi connectivity index (χ0) is 22.1. The lowest BCUT2D eigenvalue weighted by Gasteiger charge is -2.34. The maximum Gasteiger partial charge on any atom is 0.253 e. The Morgan fingerprint density at radius 1 is 0.844 bits per heavy atom. The van der Waals surface area contributed by atoms with Crippen molar-refractivity contribution >= 4 is 5.91 Å². The summed E-state index contributed by atoms with van der Waals surface area (Å²) in [6, 6.07) is 12.2. The number of hydrogen-bond donors (Lipinski definition) is 0. The minimum atomic E-state index is 0.119. The van der Waals surface area contributed by atoms with Crippen molar-refractivity contribution < 1.29 is 4.79 Å². The average molecular weight is 433 g/mol. The first-order valence-electron chi connectivity index (χ1n) is 11.8. The van der Waals surface area contributed by atoms with Crippen molar-refractivity contribution in [1.82, 2.24) is 29.1 Å². The molecule has 0 radical (unpaired) electrons. The van der Waals surface area contributed by atoms with Gasteiger partial charge < -0.3 is 14.0 Å². The minimum Gasteiger partial charge on any atom is -0.336 e. The van der Waals surface area contributed by atoms with E-state index < -0.39 is 0 Å². The number of aromatic nitrogens is 4. The SMILES string of the molecule is Cc1ccc(C)n1-c1ccc(C(=O)N2CCN(Cc3nnc4n3CCCCC4)CC2)cc1. The summed E-state index contributed by atoms with van der Waals surface area (Å²) in [4.78, 5) is 17.4. The van der Waals surface area contributed by atoms with Crippen molar-refractivity contribution in [2.75, 3.05) is 26.2 Å². The Morgan fingerprint density at radius 3 is 2.28 bits per heavy atom. The summed E-state index contributed by atoms with van der Waals surface area (Å²) in [5.41, 5.74) is 4.25. The number of carbonyl (C=O) groups excluding carboxylic acids is 1. The lowest BCUT2D eigenvalue weighted by Crippen LogP contribution is -2.48. The molecule has 0 spiro atoms. The molecular formula is C25H32N6O. The van der Waals surface area contributed by atoms with Crippen molar-refractivity contribution in [3.05, 3.63) is 65.0 Å². The normalized spacial score (nSPS) is 17.2. The lowest BCUT2D eigenvalue weighted by atomic mass is 10.1. The number of rotatable bonds is 4. The molecule has 2 aliphatic heterocycles. The van der Waals surface area contributed by atoms with Crippen molar-refractivity contribution in [3.63, 3.8) is 0 Å². The van der Waals surface area contributed by atoms with Crippen LogP contribution < -0.4 is 0 Å². The zero-order valence-electron chi connectivity index (χ0n) is 19.1. The topological polar surface area (TPSA) is 59.2 Å². The highest BCUT2D eigenvalue weighted by Crippen LogP contribution is 2.19. The van der Waals surface area contributed by atoms with Gasteiger partial charge in [0.05, 0.1) is 6.54 Å². The zero-order valence-corrected chi connectivity index (χ0v) is 19.1. The van der Waals surface area contributed by atoms with Crippen LogP contribution >= 0.6 is 0 Å². The van der Waals surface area contributed by atoms with Gasteiger partial charge in [-0.25, -0.2) is 0 Å². The Bertz CT molecular complexity index is 1070. The number of nitrogens with zero attached hydrogens (tertiary/aromatic N) is 6. The lowest BCUT2D eigenvalue weighted by molar-refractivity contribution is 0.0624. The highest BCUT2D eigenvalue weighted by atomic mass is 16.2. The predicted octanol–water partition coefficient (Wildman–Crippen LogP) is 3.37. The molecule has 1 aromatic carbocycles. The van der Waals surface area contributed by atoms with Crippen LogP contribution in [-0.2, 0) is 19.5 Å². The Kier molecular flexibility index (Phi) is 5.83.